The van der Waals surface area contributed by atoms with Crippen LogP contribution < -0.4 is 4.74 Å². The highest BCUT2D eigenvalue weighted by Crippen LogP contribution is 2.37. The lowest BCUT2D eigenvalue weighted by Gasteiger charge is -2.29. The van der Waals surface area contributed by atoms with Gasteiger partial charge in [0, 0.05) is 10.5 Å². The van der Waals surface area contributed by atoms with E-state index in [4.69, 9.17) is 32.7 Å². The second-order valence-electron chi connectivity index (χ2n) is 8.32. The number of carbonyl (C=O) groups is 2. The van der Waals surface area contributed by atoms with Gasteiger partial charge in [-0.25, -0.2) is 4.79 Å². The lowest BCUT2D eigenvalue weighted by Crippen LogP contribution is -2.43. The first kappa shape index (κ1) is 25.3. The molecule has 2 aromatic carbocycles. The molecule has 2 aromatic rings. The van der Waals surface area contributed by atoms with E-state index in [9.17, 15) is 9.59 Å². The smallest absolute Gasteiger partial charge is 0.350 e. The van der Waals surface area contributed by atoms with Crippen molar-refractivity contribution in [2.24, 2.45) is 0 Å². The third-order valence-electron chi connectivity index (χ3n) is 4.12. The molecular formula is C24H26Cl2O4S. The number of rotatable bonds is 7. The van der Waals surface area contributed by atoms with E-state index in [0.29, 0.717) is 11.1 Å². The van der Waals surface area contributed by atoms with Crippen molar-refractivity contribution in [3.63, 3.8) is 0 Å². The Morgan fingerprint density at radius 2 is 1.55 bits per heavy atom. The molecule has 0 unspecified atom stereocenters. The van der Waals surface area contributed by atoms with Gasteiger partial charge in [-0.15, -0.1) is 11.8 Å². The van der Waals surface area contributed by atoms with Crippen LogP contribution in [0.2, 0.25) is 10.0 Å². The molecule has 0 heterocycles. The largest absolute Gasteiger partial charge is 0.475 e. The van der Waals surface area contributed by atoms with Crippen molar-refractivity contribution in [3.05, 3.63) is 63.6 Å². The highest BCUT2D eigenvalue weighted by atomic mass is 35.5. The van der Waals surface area contributed by atoms with Crippen LogP contribution in [-0.4, -0.2) is 29.2 Å². The lowest BCUT2D eigenvalue weighted by molar-refractivity contribution is -0.170. The third kappa shape index (κ3) is 7.03. The standard InChI is InChI=1S/C24H26Cl2O4S/c1-23(2,3)30-22(28)24(4,5)29-19-14-10-16(20(25)21(19)26)9-13-18(27)15-7-11-17(31-6)12-8-15/h7-14H,1-6H3. The van der Waals surface area contributed by atoms with Crippen molar-refractivity contribution in [1.29, 1.82) is 0 Å². The number of hydrogen-bond donors (Lipinski definition) is 0. The van der Waals surface area contributed by atoms with Gasteiger partial charge in [0.15, 0.2) is 11.4 Å². The monoisotopic (exact) mass is 480 g/mol. The first-order valence-corrected chi connectivity index (χ1v) is 11.6. The molecule has 0 saturated heterocycles. The highest BCUT2D eigenvalue weighted by Gasteiger charge is 2.35. The number of esters is 1. The fraction of sp³-hybridized carbons (Fsp3) is 0.333. The summed E-state index contributed by atoms with van der Waals surface area (Å²) in [5.74, 6) is -0.417. The van der Waals surface area contributed by atoms with Gasteiger partial charge >= 0.3 is 5.97 Å². The van der Waals surface area contributed by atoms with Crippen LogP contribution in [0.5, 0.6) is 5.75 Å². The van der Waals surface area contributed by atoms with Crippen molar-refractivity contribution in [2.45, 2.75) is 50.7 Å². The number of ether oxygens (including phenoxy) is 2. The van der Waals surface area contributed by atoms with Gasteiger partial charge in [0.2, 0.25) is 0 Å². The predicted octanol–water partition coefficient (Wildman–Crippen LogP) is 7.11. The number of ketones is 1. The summed E-state index contributed by atoms with van der Waals surface area (Å²) < 4.78 is 11.2. The number of allylic oxidation sites excluding steroid dienone is 1. The molecule has 166 valence electrons. The minimum atomic E-state index is -1.27. The molecule has 0 aromatic heterocycles. The number of carbonyl (C=O) groups excluding carboxylic acids is 2. The Balaban J connectivity index is 2.18. The Labute approximate surface area is 197 Å². The fourth-order valence-corrected chi connectivity index (χ4v) is 3.33. The van der Waals surface area contributed by atoms with E-state index in [1.165, 1.54) is 6.08 Å². The fourth-order valence-electron chi connectivity index (χ4n) is 2.49. The van der Waals surface area contributed by atoms with Crippen molar-refractivity contribution >= 4 is 52.8 Å². The first-order chi connectivity index (χ1) is 14.3. The molecule has 0 N–H and O–H groups in total. The minimum Gasteiger partial charge on any atom is -0.475 e. The second-order valence-corrected chi connectivity index (χ2v) is 9.96. The zero-order chi connectivity index (χ0) is 23.4. The molecule has 0 fully saturated rings. The zero-order valence-corrected chi connectivity index (χ0v) is 20.7. The molecule has 2 rings (SSSR count). The number of benzene rings is 2. The number of hydrogen-bond acceptors (Lipinski definition) is 5. The summed E-state index contributed by atoms with van der Waals surface area (Å²) in [6.45, 7) is 8.54. The molecule has 31 heavy (non-hydrogen) atoms. The molecule has 0 aliphatic heterocycles. The molecule has 0 aliphatic rings. The highest BCUT2D eigenvalue weighted by molar-refractivity contribution is 7.98. The van der Waals surface area contributed by atoms with Crippen molar-refractivity contribution < 1.29 is 19.1 Å². The molecule has 0 atom stereocenters. The summed E-state index contributed by atoms with van der Waals surface area (Å²) in [6, 6.07) is 10.6. The van der Waals surface area contributed by atoms with Gasteiger partial charge in [-0.05, 0) is 95.0 Å². The summed E-state index contributed by atoms with van der Waals surface area (Å²) in [5, 5.41) is 0.373. The third-order valence-corrected chi connectivity index (χ3v) is 5.74. The number of thioether (sulfide) groups is 1. The maximum atomic E-state index is 12.4. The van der Waals surface area contributed by atoms with Gasteiger partial charge in [0.25, 0.3) is 0 Å². The van der Waals surface area contributed by atoms with Crippen LogP contribution in [0, 0.1) is 0 Å². The molecule has 4 nitrogen and oxygen atoms in total. The van der Waals surface area contributed by atoms with Crippen LogP contribution in [0.1, 0.15) is 50.5 Å². The average molecular weight is 481 g/mol. The topological polar surface area (TPSA) is 52.6 Å². The van der Waals surface area contributed by atoms with Gasteiger partial charge in [-0.1, -0.05) is 23.2 Å². The van der Waals surface area contributed by atoms with E-state index in [2.05, 4.69) is 0 Å². The van der Waals surface area contributed by atoms with Gasteiger partial charge < -0.3 is 9.47 Å². The van der Waals surface area contributed by atoms with Crippen LogP contribution >= 0.6 is 35.0 Å². The maximum absolute atomic E-state index is 12.4. The second kappa shape index (κ2) is 10.1. The van der Waals surface area contributed by atoms with Gasteiger partial charge in [-0.3, -0.25) is 4.79 Å². The Bertz CT molecular complexity index is 990. The van der Waals surface area contributed by atoms with Gasteiger partial charge in [0.05, 0.1) is 5.02 Å². The SMILES string of the molecule is CSc1ccc(C(=O)C=Cc2ccc(OC(C)(C)C(=O)OC(C)(C)C)c(Cl)c2Cl)cc1. The molecule has 0 aliphatic carbocycles. The minimum absolute atomic E-state index is 0.147. The van der Waals surface area contributed by atoms with Crippen LogP contribution in [-0.2, 0) is 9.53 Å². The predicted molar refractivity (Wildman–Crippen MR) is 129 cm³/mol. The molecule has 0 amide bonds. The van der Waals surface area contributed by atoms with Crippen molar-refractivity contribution in [2.75, 3.05) is 6.26 Å². The van der Waals surface area contributed by atoms with Crippen LogP contribution in [0.4, 0.5) is 0 Å². The van der Waals surface area contributed by atoms with E-state index in [1.54, 1.807) is 76.7 Å². The van der Waals surface area contributed by atoms with E-state index in [0.717, 1.165) is 4.90 Å². The normalized spacial score (nSPS) is 12.1. The molecule has 0 radical (unpaired) electrons. The zero-order valence-electron chi connectivity index (χ0n) is 18.4. The lowest BCUT2D eigenvalue weighted by atomic mass is 10.1. The average Bonchev–Trinajstić information content (AvgIpc) is 2.69. The van der Waals surface area contributed by atoms with Gasteiger partial charge in [-0.2, -0.15) is 0 Å². The van der Waals surface area contributed by atoms with E-state index in [1.807, 2.05) is 18.4 Å². The Kier molecular flexibility index (Phi) is 8.26. The van der Waals surface area contributed by atoms with Crippen LogP contribution in [0.3, 0.4) is 0 Å². The Hall–Kier alpha value is -1.95. The maximum Gasteiger partial charge on any atom is 0.350 e. The summed E-state index contributed by atoms with van der Waals surface area (Å²) in [4.78, 5) is 25.9. The molecule has 0 bridgehead atoms. The summed E-state index contributed by atoms with van der Waals surface area (Å²) in [5.41, 5.74) is -0.773. The van der Waals surface area contributed by atoms with Gasteiger partial charge in [0.1, 0.15) is 16.4 Å². The Morgan fingerprint density at radius 1 is 0.935 bits per heavy atom. The van der Waals surface area contributed by atoms with Crippen LogP contribution in [0.15, 0.2) is 47.4 Å². The van der Waals surface area contributed by atoms with Crippen molar-refractivity contribution in [3.8, 4) is 5.75 Å². The summed E-state index contributed by atoms with van der Waals surface area (Å²) in [7, 11) is 0. The molecule has 7 heteroatoms. The summed E-state index contributed by atoms with van der Waals surface area (Å²) in [6.07, 6.45) is 5.02. The van der Waals surface area contributed by atoms with Crippen molar-refractivity contribution in [1.82, 2.24) is 0 Å². The Morgan fingerprint density at radius 3 is 2.10 bits per heavy atom. The van der Waals surface area contributed by atoms with Crippen LogP contribution in [0.25, 0.3) is 6.08 Å². The molecule has 0 spiro atoms. The first-order valence-electron chi connectivity index (χ1n) is 9.61. The number of halogens is 2. The van der Waals surface area contributed by atoms with E-state index >= 15 is 0 Å². The van der Waals surface area contributed by atoms with E-state index in [-0.39, 0.29) is 21.6 Å². The van der Waals surface area contributed by atoms with E-state index < -0.39 is 17.2 Å². The molecule has 0 saturated carbocycles. The quantitative estimate of drug-likeness (QED) is 0.183. The molecular weight excluding hydrogens is 455 g/mol. The summed E-state index contributed by atoms with van der Waals surface area (Å²) >= 11 is 14.4.